The molecule has 0 spiro atoms. The quantitative estimate of drug-likeness (QED) is 0.288. The molecule has 2 amide bonds. The Balaban J connectivity index is 1.75. The Morgan fingerprint density at radius 1 is 1.03 bits per heavy atom. The number of nitrogens with one attached hydrogen (secondary N) is 2. The number of methoxy groups -OCH3 is 1. The van der Waals surface area contributed by atoms with Gasteiger partial charge in [-0.15, -0.1) is 0 Å². The molecule has 3 aromatic carbocycles. The summed E-state index contributed by atoms with van der Waals surface area (Å²) in [6, 6.07) is 14.5. The van der Waals surface area contributed by atoms with Crippen LogP contribution in [0, 0.1) is 0 Å². The van der Waals surface area contributed by atoms with E-state index in [1.165, 1.54) is 14.0 Å². The number of ether oxygens (including phenoxy) is 3. The smallest absolute Gasteiger partial charge is 0.259 e. The highest BCUT2D eigenvalue weighted by molar-refractivity contribution is 9.10. The van der Waals surface area contributed by atoms with Gasteiger partial charge in [-0.2, -0.15) is 0 Å². The number of amides is 2. The van der Waals surface area contributed by atoms with E-state index in [-0.39, 0.29) is 11.3 Å². The van der Waals surface area contributed by atoms with Crippen molar-refractivity contribution in [2.75, 3.05) is 19.0 Å². The highest BCUT2D eigenvalue weighted by Crippen LogP contribution is 2.33. The third-order valence-electron chi connectivity index (χ3n) is 5.99. The van der Waals surface area contributed by atoms with Gasteiger partial charge in [0.25, 0.3) is 5.91 Å². The molecule has 1 saturated heterocycles. The lowest BCUT2D eigenvalue weighted by Gasteiger charge is -2.42. The van der Waals surface area contributed by atoms with Crippen molar-refractivity contribution in [3.8, 4) is 11.5 Å². The summed E-state index contributed by atoms with van der Waals surface area (Å²) in [5.74, 6) is -0.435. The minimum Gasteiger partial charge on any atom is -0.495 e. The molecule has 4 rings (SSSR count). The number of carbonyl (C=O) groups is 2. The molecule has 0 aromatic heterocycles. The van der Waals surface area contributed by atoms with Crippen LogP contribution in [0.4, 0.5) is 5.69 Å². The summed E-state index contributed by atoms with van der Waals surface area (Å²) >= 11 is 3.44. The maximum absolute atomic E-state index is 13.5. The molecule has 196 valence electrons. The predicted molar refractivity (Wildman–Crippen MR) is 139 cm³/mol. The first kappa shape index (κ1) is 26.8. The van der Waals surface area contributed by atoms with Gasteiger partial charge in [-0.1, -0.05) is 34.1 Å². The standard InChI is InChI=1S/C26H27BrN2O8/c1-13(31)28-22-24(33)23(32)21(12-30)37-26(22)36-20-11-14-7-8-16(27)9-15(14)10-17(20)25(34)29-18-5-3-4-6-19(18)35-2/h3-11,21-24,26,30,32-33H,12H2,1-2H3,(H,28,31)(H,29,34)/t21-,22+,23+,24-,26-/m1/s1. The van der Waals surface area contributed by atoms with E-state index < -0.39 is 49.1 Å². The third kappa shape index (κ3) is 5.86. The molecule has 5 N–H and O–H groups in total. The van der Waals surface area contributed by atoms with Crippen molar-refractivity contribution in [1.82, 2.24) is 5.32 Å². The number of carbonyl (C=O) groups excluding carboxylic acids is 2. The first-order chi connectivity index (χ1) is 17.7. The van der Waals surface area contributed by atoms with E-state index in [4.69, 9.17) is 14.2 Å². The lowest BCUT2D eigenvalue weighted by Crippen LogP contribution is -2.65. The molecule has 0 bridgehead atoms. The second-order valence-corrected chi connectivity index (χ2v) is 9.46. The molecule has 0 unspecified atom stereocenters. The van der Waals surface area contributed by atoms with Crippen molar-refractivity contribution in [3.63, 3.8) is 0 Å². The molecule has 0 aliphatic carbocycles. The third-order valence-corrected chi connectivity index (χ3v) is 6.49. The van der Waals surface area contributed by atoms with Crippen LogP contribution in [0.3, 0.4) is 0 Å². The van der Waals surface area contributed by atoms with Crippen LogP contribution in [-0.2, 0) is 9.53 Å². The molecule has 1 heterocycles. The highest BCUT2D eigenvalue weighted by atomic mass is 79.9. The Morgan fingerprint density at radius 3 is 2.49 bits per heavy atom. The van der Waals surface area contributed by atoms with Gasteiger partial charge < -0.3 is 40.2 Å². The molecule has 0 saturated carbocycles. The van der Waals surface area contributed by atoms with E-state index in [0.29, 0.717) is 11.4 Å². The van der Waals surface area contributed by atoms with Crippen LogP contribution in [-0.4, -0.2) is 71.5 Å². The van der Waals surface area contributed by atoms with E-state index in [1.54, 1.807) is 36.4 Å². The summed E-state index contributed by atoms with van der Waals surface area (Å²) in [5.41, 5.74) is 0.585. The number of aliphatic hydroxyl groups excluding tert-OH is 3. The van der Waals surface area contributed by atoms with Crippen LogP contribution in [0.1, 0.15) is 17.3 Å². The number of hydrogen-bond donors (Lipinski definition) is 5. The van der Waals surface area contributed by atoms with Gasteiger partial charge in [-0.25, -0.2) is 0 Å². The maximum Gasteiger partial charge on any atom is 0.259 e. The maximum atomic E-state index is 13.5. The molecule has 5 atom stereocenters. The molecule has 1 fully saturated rings. The van der Waals surface area contributed by atoms with Crippen LogP contribution in [0.15, 0.2) is 59.1 Å². The second kappa shape index (κ2) is 11.4. The van der Waals surface area contributed by atoms with Crippen LogP contribution in [0.2, 0.25) is 0 Å². The van der Waals surface area contributed by atoms with Gasteiger partial charge in [0.1, 0.15) is 35.9 Å². The zero-order valence-electron chi connectivity index (χ0n) is 20.1. The fourth-order valence-corrected chi connectivity index (χ4v) is 4.54. The van der Waals surface area contributed by atoms with Gasteiger partial charge >= 0.3 is 0 Å². The zero-order valence-corrected chi connectivity index (χ0v) is 21.6. The average molecular weight is 575 g/mol. The zero-order chi connectivity index (χ0) is 26.7. The van der Waals surface area contributed by atoms with Crippen molar-refractivity contribution in [1.29, 1.82) is 0 Å². The SMILES string of the molecule is COc1ccccc1NC(=O)c1cc2cc(Br)ccc2cc1O[C@@H]1O[C@H](CO)[C@H](O)[C@H](O)[C@@H]1NC(C)=O. The van der Waals surface area contributed by atoms with Crippen molar-refractivity contribution in [2.24, 2.45) is 0 Å². The number of benzene rings is 3. The van der Waals surface area contributed by atoms with Crippen molar-refractivity contribution < 1.29 is 39.1 Å². The Morgan fingerprint density at radius 2 is 1.78 bits per heavy atom. The van der Waals surface area contributed by atoms with Crippen LogP contribution in [0.25, 0.3) is 10.8 Å². The number of aliphatic hydroxyl groups is 3. The predicted octanol–water partition coefficient (Wildman–Crippen LogP) is 2.19. The van der Waals surface area contributed by atoms with Gasteiger partial charge in [-0.05, 0) is 47.2 Å². The summed E-state index contributed by atoms with van der Waals surface area (Å²) in [7, 11) is 1.49. The van der Waals surface area contributed by atoms with Gasteiger partial charge in [0.15, 0.2) is 0 Å². The molecular weight excluding hydrogens is 548 g/mol. The summed E-state index contributed by atoms with van der Waals surface area (Å²) < 4.78 is 17.9. The molecule has 1 aliphatic heterocycles. The number of halogens is 1. The summed E-state index contributed by atoms with van der Waals surface area (Å²) in [6.45, 7) is 0.645. The van der Waals surface area contributed by atoms with Crippen LogP contribution in [0.5, 0.6) is 11.5 Å². The largest absolute Gasteiger partial charge is 0.495 e. The molecule has 3 aromatic rings. The molecule has 10 nitrogen and oxygen atoms in total. The minimum absolute atomic E-state index is 0.0999. The fraction of sp³-hybridized carbons (Fsp3) is 0.308. The van der Waals surface area contributed by atoms with E-state index >= 15 is 0 Å². The summed E-state index contributed by atoms with van der Waals surface area (Å²) in [6.07, 6.45) is -5.47. The Kier molecular flexibility index (Phi) is 8.30. The first-order valence-corrected chi connectivity index (χ1v) is 12.2. The van der Waals surface area contributed by atoms with Gasteiger partial charge in [-0.3, -0.25) is 9.59 Å². The van der Waals surface area contributed by atoms with Crippen LogP contribution < -0.4 is 20.1 Å². The summed E-state index contributed by atoms with van der Waals surface area (Å²) in [5, 5.41) is 37.4. The van der Waals surface area contributed by atoms with Crippen molar-refractivity contribution >= 4 is 44.2 Å². The Hall–Kier alpha value is -3.22. The monoisotopic (exact) mass is 574 g/mol. The van der Waals surface area contributed by atoms with Gasteiger partial charge in [0.2, 0.25) is 12.2 Å². The second-order valence-electron chi connectivity index (χ2n) is 8.55. The van der Waals surface area contributed by atoms with E-state index in [1.807, 2.05) is 18.2 Å². The number of anilines is 1. The first-order valence-electron chi connectivity index (χ1n) is 11.5. The number of rotatable bonds is 7. The average Bonchev–Trinajstić information content (AvgIpc) is 2.88. The number of para-hydroxylation sites is 2. The Bertz CT molecular complexity index is 1300. The van der Waals surface area contributed by atoms with Gasteiger partial charge in [0.05, 0.1) is 25.0 Å². The molecule has 11 heteroatoms. The fourth-order valence-electron chi connectivity index (χ4n) is 4.16. The van der Waals surface area contributed by atoms with Crippen LogP contribution >= 0.6 is 15.9 Å². The van der Waals surface area contributed by atoms with Crippen molar-refractivity contribution in [3.05, 3.63) is 64.6 Å². The van der Waals surface area contributed by atoms with Crippen molar-refractivity contribution in [2.45, 2.75) is 37.6 Å². The highest BCUT2D eigenvalue weighted by Gasteiger charge is 2.46. The van der Waals surface area contributed by atoms with E-state index in [2.05, 4.69) is 26.6 Å². The molecule has 0 radical (unpaired) electrons. The number of fused-ring (bicyclic) bond motifs is 1. The topological polar surface area (TPSA) is 147 Å². The lowest BCUT2D eigenvalue weighted by molar-refractivity contribution is -0.244. The number of hydrogen-bond acceptors (Lipinski definition) is 8. The molecular formula is C26H27BrN2O8. The molecule has 37 heavy (non-hydrogen) atoms. The van der Waals surface area contributed by atoms with Gasteiger partial charge in [0, 0.05) is 11.4 Å². The lowest BCUT2D eigenvalue weighted by atomic mass is 9.96. The normalized spacial score (nSPS) is 23.4. The minimum atomic E-state index is -1.50. The van der Waals surface area contributed by atoms with E-state index in [9.17, 15) is 24.9 Å². The van der Waals surface area contributed by atoms with E-state index in [0.717, 1.165) is 15.2 Å². The molecule has 1 aliphatic rings. The Labute approximate surface area is 221 Å². The summed E-state index contributed by atoms with van der Waals surface area (Å²) in [4.78, 5) is 25.3.